The number of hydrogen-bond acceptors (Lipinski definition) is 3. The van der Waals surface area contributed by atoms with Gasteiger partial charge in [0.1, 0.15) is 0 Å². The summed E-state index contributed by atoms with van der Waals surface area (Å²) in [5.74, 6) is -0.885. The molecule has 1 heterocycles. The summed E-state index contributed by atoms with van der Waals surface area (Å²) in [6, 6.07) is 0.454. The van der Waals surface area contributed by atoms with Crippen LogP contribution in [-0.4, -0.2) is 66.2 Å². The van der Waals surface area contributed by atoms with Crippen molar-refractivity contribution < 1.29 is 14.7 Å². The van der Waals surface area contributed by atoms with Crippen LogP contribution in [0.1, 0.15) is 39.0 Å². The Labute approximate surface area is 121 Å². The molecule has 20 heavy (non-hydrogen) atoms. The lowest BCUT2D eigenvalue weighted by molar-refractivity contribution is -0.137. The Morgan fingerprint density at radius 2 is 2.15 bits per heavy atom. The van der Waals surface area contributed by atoms with Gasteiger partial charge in [0.2, 0.25) is 0 Å². The maximum Gasteiger partial charge on any atom is 0.317 e. The van der Waals surface area contributed by atoms with Crippen molar-refractivity contribution in [3.63, 3.8) is 0 Å². The molecule has 1 unspecified atom stereocenters. The Kier molecular flexibility index (Phi) is 7.36. The Hall–Kier alpha value is -1.30. The number of nitrogens with one attached hydrogen (secondary N) is 1. The van der Waals surface area contributed by atoms with E-state index in [4.69, 9.17) is 5.11 Å². The third-order valence-electron chi connectivity index (χ3n) is 3.85. The summed E-state index contributed by atoms with van der Waals surface area (Å²) >= 11 is 0. The van der Waals surface area contributed by atoms with Gasteiger partial charge in [-0.25, -0.2) is 4.79 Å². The van der Waals surface area contributed by atoms with Gasteiger partial charge < -0.3 is 20.2 Å². The van der Waals surface area contributed by atoms with Crippen LogP contribution in [0.5, 0.6) is 0 Å². The minimum atomic E-state index is -0.885. The zero-order chi connectivity index (χ0) is 15.0. The number of rotatable bonds is 7. The van der Waals surface area contributed by atoms with E-state index in [-0.39, 0.29) is 19.0 Å². The normalized spacial score (nSPS) is 19.6. The number of carboxylic acid groups (broad SMARTS) is 1. The van der Waals surface area contributed by atoms with Crippen molar-refractivity contribution in [2.45, 2.75) is 45.1 Å². The van der Waals surface area contributed by atoms with Gasteiger partial charge in [0.05, 0.1) is 6.42 Å². The number of carbonyl (C=O) groups is 2. The summed E-state index contributed by atoms with van der Waals surface area (Å²) in [6.45, 7) is 5.31. The summed E-state index contributed by atoms with van der Waals surface area (Å²) in [4.78, 5) is 26.0. The van der Waals surface area contributed by atoms with Gasteiger partial charge in [0.25, 0.3) is 0 Å². The van der Waals surface area contributed by atoms with E-state index < -0.39 is 5.97 Å². The fraction of sp³-hybridized carbons (Fsp3) is 0.857. The van der Waals surface area contributed by atoms with E-state index in [0.29, 0.717) is 12.6 Å². The lowest BCUT2D eigenvalue weighted by atomic mass is 10.0. The third-order valence-corrected chi connectivity index (χ3v) is 3.85. The average molecular weight is 285 g/mol. The van der Waals surface area contributed by atoms with Crippen LogP contribution in [0.25, 0.3) is 0 Å². The first kappa shape index (κ1) is 16.8. The molecule has 0 radical (unpaired) electrons. The van der Waals surface area contributed by atoms with Crippen LogP contribution in [0.3, 0.4) is 0 Å². The average Bonchev–Trinajstić information content (AvgIpc) is 2.42. The molecule has 2 amide bonds. The number of hydrogen-bond donors (Lipinski definition) is 2. The molecule has 0 aromatic heterocycles. The Balaban J connectivity index is 2.10. The van der Waals surface area contributed by atoms with E-state index in [9.17, 15) is 9.59 Å². The number of urea groups is 1. The summed E-state index contributed by atoms with van der Waals surface area (Å²) < 4.78 is 0. The van der Waals surface area contributed by atoms with E-state index >= 15 is 0 Å². The lowest BCUT2D eigenvalue weighted by Gasteiger charge is -2.33. The second-order valence-electron chi connectivity index (χ2n) is 5.53. The number of carboxylic acids is 1. The van der Waals surface area contributed by atoms with Gasteiger partial charge in [-0.2, -0.15) is 0 Å². The molecule has 2 N–H and O–H groups in total. The molecule has 1 atom stereocenters. The summed E-state index contributed by atoms with van der Waals surface area (Å²) in [5.41, 5.74) is 0. The Bertz CT molecular complexity index is 323. The molecule has 0 spiro atoms. The molecule has 1 saturated heterocycles. The number of carbonyl (C=O) groups excluding carboxylic acids is 1. The quantitative estimate of drug-likeness (QED) is 0.693. The van der Waals surface area contributed by atoms with Gasteiger partial charge >= 0.3 is 12.0 Å². The highest BCUT2D eigenvalue weighted by molar-refractivity contribution is 5.74. The highest BCUT2D eigenvalue weighted by Gasteiger charge is 2.17. The summed E-state index contributed by atoms with van der Waals surface area (Å²) in [7, 11) is 1.62. The van der Waals surface area contributed by atoms with Crippen LogP contribution in [0.2, 0.25) is 0 Å². The van der Waals surface area contributed by atoms with Gasteiger partial charge in [-0.05, 0) is 32.7 Å². The fourth-order valence-corrected chi connectivity index (χ4v) is 2.47. The van der Waals surface area contributed by atoms with Crippen LogP contribution in [0, 0.1) is 0 Å². The van der Waals surface area contributed by atoms with E-state index in [0.717, 1.165) is 19.5 Å². The van der Waals surface area contributed by atoms with Crippen molar-refractivity contribution in [1.82, 2.24) is 15.1 Å². The zero-order valence-electron chi connectivity index (χ0n) is 12.6. The van der Waals surface area contributed by atoms with Crippen LogP contribution in [0.4, 0.5) is 4.79 Å². The van der Waals surface area contributed by atoms with E-state index in [1.165, 1.54) is 24.2 Å². The molecule has 1 aliphatic heterocycles. The molecule has 0 aromatic rings. The van der Waals surface area contributed by atoms with Crippen molar-refractivity contribution in [1.29, 1.82) is 0 Å². The first-order valence-electron chi connectivity index (χ1n) is 7.45. The predicted molar refractivity (Wildman–Crippen MR) is 77.8 cm³/mol. The molecule has 116 valence electrons. The molecule has 0 aromatic carbocycles. The standard InChI is InChI=1S/C14H27N3O3/c1-12-6-3-4-9-17(12)10-5-8-15-14(20)16(2)11-7-13(18)19/h12H,3-11H2,1-2H3,(H,15,20)(H,18,19). The van der Waals surface area contributed by atoms with Crippen LogP contribution < -0.4 is 5.32 Å². The van der Waals surface area contributed by atoms with Crippen molar-refractivity contribution in [2.24, 2.45) is 0 Å². The molecule has 0 saturated carbocycles. The van der Waals surface area contributed by atoms with Gasteiger partial charge in [-0.3, -0.25) is 4.79 Å². The second kappa shape index (κ2) is 8.79. The van der Waals surface area contributed by atoms with Crippen LogP contribution >= 0.6 is 0 Å². The van der Waals surface area contributed by atoms with E-state index in [1.54, 1.807) is 7.05 Å². The number of nitrogens with zero attached hydrogens (tertiary/aromatic N) is 2. The maximum absolute atomic E-state index is 11.7. The first-order valence-corrected chi connectivity index (χ1v) is 7.45. The van der Waals surface area contributed by atoms with Gasteiger partial charge in [-0.1, -0.05) is 6.42 Å². The number of likely N-dealkylation sites (tertiary alicyclic amines) is 1. The van der Waals surface area contributed by atoms with Crippen LogP contribution in [0.15, 0.2) is 0 Å². The van der Waals surface area contributed by atoms with Crippen molar-refractivity contribution in [3.05, 3.63) is 0 Å². The highest BCUT2D eigenvalue weighted by Crippen LogP contribution is 2.15. The van der Waals surface area contributed by atoms with Gasteiger partial charge in [0.15, 0.2) is 0 Å². The highest BCUT2D eigenvalue weighted by atomic mass is 16.4. The zero-order valence-corrected chi connectivity index (χ0v) is 12.6. The minimum absolute atomic E-state index is 0.0186. The Morgan fingerprint density at radius 3 is 2.80 bits per heavy atom. The van der Waals surface area contributed by atoms with Gasteiger partial charge in [0, 0.05) is 32.7 Å². The van der Waals surface area contributed by atoms with E-state index in [1.807, 2.05) is 0 Å². The molecule has 1 fully saturated rings. The first-order chi connectivity index (χ1) is 9.50. The Morgan fingerprint density at radius 1 is 1.40 bits per heavy atom. The minimum Gasteiger partial charge on any atom is -0.481 e. The molecule has 6 heteroatoms. The number of piperidine rings is 1. The van der Waals surface area contributed by atoms with E-state index in [2.05, 4.69) is 17.1 Å². The number of amides is 2. The third kappa shape index (κ3) is 6.23. The predicted octanol–water partition coefficient (Wildman–Crippen LogP) is 1.37. The topological polar surface area (TPSA) is 72.9 Å². The van der Waals surface area contributed by atoms with Gasteiger partial charge in [-0.15, -0.1) is 0 Å². The molecule has 0 bridgehead atoms. The molecule has 6 nitrogen and oxygen atoms in total. The summed E-state index contributed by atoms with van der Waals surface area (Å²) in [5, 5.41) is 11.4. The van der Waals surface area contributed by atoms with Crippen molar-refractivity contribution >= 4 is 12.0 Å². The monoisotopic (exact) mass is 285 g/mol. The van der Waals surface area contributed by atoms with Crippen LogP contribution in [-0.2, 0) is 4.79 Å². The molecule has 1 aliphatic rings. The smallest absolute Gasteiger partial charge is 0.317 e. The summed E-state index contributed by atoms with van der Waals surface area (Å²) in [6.07, 6.45) is 4.78. The SMILES string of the molecule is CC1CCCCN1CCCNC(=O)N(C)CCC(=O)O. The largest absolute Gasteiger partial charge is 0.481 e. The molecule has 1 rings (SSSR count). The lowest BCUT2D eigenvalue weighted by Crippen LogP contribution is -2.41. The molecule has 0 aliphatic carbocycles. The molecular formula is C14H27N3O3. The number of aliphatic carboxylic acids is 1. The second-order valence-corrected chi connectivity index (χ2v) is 5.53. The van der Waals surface area contributed by atoms with Crippen molar-refractivity contribution in [3.8, 4) is 0 Å². The maximum atomic E-state index is 11.7. The molecular weight excluding hydrogens is 258 g/mol. The fourth-order valence-electron chi connectivity index (χ4n) is 2.47. The van der Waals surface area contributed by atoms with Crippen molar-refractivity contribution in [2.75, 3.05) is 33.2 Å².